The van der Waals surface area contributed by atoms with Crippen LogP contribution in [0.2, 0.25) is 0 Å². The first kappa shape index (κ1) is 8.54. The first-order valence-electron chi connectivity index (χ1n) is 3.93. The van der Waals surface area contributed by atoms with Crippen molar-refractivity contribution in [3.63, 3.8) is 0 Å². The first-order valence-corrected chi connectivity index (χ1v) is 3.93. The molecule has 1 nitrogen and oxygen atoms in total. The highest BCUT2D eigenvalue weighted by Gasteiger charge is 2.15. The van der Waals surface area contributed by atoms with Crippen LogP contribution in [0.5, 0.6) is 0 Å². The van der Waals surface area contributed by atoms with E-state index in [2.05, 4.69) is 23.2 Å². The molecule has 0 atom stereocenters. The van der Waals surface area contributed by atoms with Crippen molar-refractivity contribution in [3.8, 4) is 0 Å². The van der Waals surface area contributed by atoms with E-state index in [9.17, 15) is 0 Å². The number of rotatable bonds is 0. The van der Waals surface area contributed by atoms with E-state index in [-0.39, 0.29) is 12.4 Å². The molecule has 0 amide bonds. The van der Waals surface area contributed by atoms with Gasteiger partial charge in [0.25, 0.3) is 0 Å². The topological polar surface area (TPSA) is 14.0 Å². The molecule has 1 N–H and O–H groups in total. The lowest BCUT2D eigenvalue weighted by Gasteiger charge is -2.09. The first-order chi connectivity index (χ1) is 4.97. The summed E-state index contributed by atoms with van der Waals surface area (Å²) in [6.45, 7) is 1.15. The van der Waals surface area contributed by atoms with Gasteiger partial charge in [-0.05, 0) is 12.8 Å². The lowest BCUT2D eigenvalue weighted by molar-refractivity contribution is -0.459. The second-order valence-electron chi connectivity index (χ2n) is 2.81. The van der Waals surface area contributed by atoms with Gasteiger partial charge in [-0.15, -0.1) is 0 Å². The van der Waals surface area contributed by atoms with E-state index in [4.69, 9.17) is 0 Å². The Morgan fingerprint density at radius 2 is 2.27 bits per heavy atom. The molecule has 2 heteroatoms. The summed E-state index contributed by atoms with van der Waals surface area (Å²) in [6, 6.07) is 0. The summed E-state index contributed by atoms with van der Waals surface area (Å²) >= 11 is 0. The molecule has 60 valence electrons. The van der Waals surface area contributed by atoms with Gasteiger partial charge in [0.2, 0.25) is 5.71 Å². The van der Waals surface area contributed by atoms with Gasteiger partial charge >= 0.3 is 0 Å². The molecule has 2 aliphatic rings. The number of allylic oxidation sites excluding steroid dienone is 4. The van der Waals surface area contributed by atoms with Gasteiger partial charge in [-0.1, -0.05) is 12.2 Å². The molecule has 2 rings (SSSR count). The molecule has 0 spiro atoms. The van der Waals surface area contributed by atoms with Crippen LogP contribution < -0.4 is 17.4 Å². The van der Waals surface area contributed by atoms with Gasteiger partial charge in [0, 0.05) is 18.1 Å². The molecule has 0 saturated heterocycles. The SMILES string of the molecule is C1=CC2=[NH+]CCCC2=CC1.[Cl-]. The molecule has 11 heavy (non-hydrogen) atoms. The van der Waals surface area contributed by atoms with Crippen molar-refractivity contribution >= 4 is 5.71 Å². The van der Waals surface area contributed by atoms with Crippen molar-refractivity contribution in [2.45, 2.75) is 19.3 Å². The van der Waals surface area contributed by atoms with Crippen molar-refractivity contribution in [1.82, 2.24) is 0 Å². The van der Waals surface area contributed by atoms with Gasteiger partial charge in [-0.3, -0.25) is 0 Å². The summed E-state index contributed by atoms with van der Waals surface area (Å²) in [4.78, 5) is 3.38. The second kappa shape index (κ2) is 3.72. The number of halogens is 1. The maximum absolute atomic E-state index is 3.38. The standard InChI is InChI=1S/C9H11N.ClH/c1-2-6-9-8(4-1)5-3-7-10-9;/h2,4,6H,1,3,5,7H2;1H. The molecule has 0 bridgehead atoms. The number of fused-ring (bicyclic) bond motifs is 1. The maximum atomic E-state index is 3.38. The minimum atomic E-state index is 0. The molecule has 1 aliphatic carbocycles. The quantitative estimate of drug-likeness (QED) is 0.403. The van der Waals surface area contributed by atoms with Gasteiger partial charge in [-0.2, -0.15) is 0 Å². The summed E-state index contributed by atoms with van der Waals surface area (Å²) in [6.07, 6.45) is 10.4. The largest absolute Gasteiger partial charge is 1.00 e. The van der Waals surface area contributed by atoms with Crippen LogP contribution in [0.3, 0.4) is 0 Å². The molecule has 0 fully saturated rings. The molecular weight excluding hydrogens is 158 g/mol. The van der Waals surface area contributed by atoms with Crippen LogP contribution in [0.4, 0.5) is 0 Å². The highest BCUT2D eigenvalue weighted by molar-refractivity contribution is 6.05. The van der Waals surface area contributed by atoms with Crippen molar-refractivity contribution in [3.05, 3.63) is 23.8 Å². The predicted octanol–water partition coefficient (Wildman–Crippen LogP) is -2.81. The Bertz CT molecular complexity index is 226. The molecule has 0 aromatic heterocycles. The molecule has 0 radical (unpaired) electrons. The van der Waals surface area contributed by atoms with Crippen molar-refractivity contribution in [2.75, 3.05) is 6.54 Å². The highest BCUT2D eigenvalue weighted by Crippen LogP contribution is 2.12. The van der Waals surface area contributed by atoms with E-state index >= 15 is 0 Å². The lowest BCUT2D eigenvalue weighted by Crippen LogP contribution is -3.00. The molecule has 0 unspecified atom stereocenters. The molecule has 1 aliphatic heterocycles. The van der Waals surface area contributed by atoms with Gasteiger partial charge < -0.3 is 12.4 Å². The summed E-state index contributed by atoms with van der Waals surface area (Å²) in [5, 5.41) is 0. The van der Waals surface area contributed by atoms with E-state index < -0.39 is 0 Å². The molecule has 0 aromatic carbocycles. The van der Waals surface area contributed by atoms with E-state index in [1.807, 2.05) is 0 Å². The van der Waals surface area contributed by atoms with E-state index in [0.717, 1.165) is 13.0 Å². The zero-order chi connectivity index (χ0) is 6.81. The zero-order valence-electron chi connectivity index (χ0n) is 6.44. The summed E-state index contributed by atoms with van der Waals surface area (Å²) in [5.74, 6) is 0. The van der Waals surface area contributed by atoms with Crippen LogP contribution in [-0.2, 0) is 0 Å². The molecule has 1 heterocycles. The number of hydrogen-bond acceptors (Lipinski definition) is 0. The van der Waals surface area contributed by atoms with Gasteiger partial charge in [-0.25, -0.2) is 4.99 Å². The Balaban J connectivity index is 0.000000605. The van der Waals surface area contributed by atoms with Crippen LogP contribution >= 0.6 is 0 Å². The summed E-state index contributed by atoms with van der Waals surface area (Å²) < 4.78 is 0. The van der Waals surface area contributed by atoms with Gasteiger partial charge in [0.05, 0.1) is 0 Å². The Morgan fingerprint density at radius 1 is 1.36 bits per heavy atom. The summed E-state index contributed by atoms with van der Waals surface area (Å²) in [5.41, 5.74) is 2.88. The fourth-order valence-corrected chi connectivity index (χ4v) is 1.52. The van der Waals surface area contributed by atoms with E-state index in [1.165, 1.54) is 24.1 Å². The van der Waals surface area contributed by atoms with Gasteiger partial charge in [0.1, 0.15) is 6.54 Å². The third kappa shape index (κ3) is 1.72. The van der Waals surface area contributed by atoms with Crippen molar-refractivity contribution in [1.29, 1.82) is 0 Å². The molecule has 0 saturated carbocycles. The van der Waals surface area contributed by atoms with Gasteiger partial charge in [0.15, 0.2) is 0 Å². The van der Waals surface area contributed by atoms with Crippen LogP contribution in [-0.4, -0.2) is 12.3 Å². The smallest absolute Gasteiger partial charge is 0.200 e. The number of nitrogens with one attached hydrogen (secondary N) is 1. The Morgan fingerprint density at radius 3 is 3.09 bits per heavy atom. The number of hydrogen-bond donors (Lipinski definition) is 1. The molecular formula is C9H12ClN. The average molecular weight is 170 g/mol. The van der Waals surface area contributed by atoms with E-state index in [0.29, 0.717) is 0 Å². The fourth-order valence-electron chi connectivity index (χ4n) is 1.52. The molecule has 0 aromatic rings. The second-order valence-corrected chi connectivity index (χ2v) is 2.81. The van der Waals surface area contributed by atoms with Crippen LogP contribution in [0.25, 0.3) is 0 Å². The minimum absolute atomic E-state index is 0. The monoisotopic (exact) mass is 169 g/mol. The third-order valence-electron chi connectivity index (χ3n) is 2.07. The Labute approximate surface area is 73.3 Å². The minimum Gasteiger partial charge on any atom is -1.00 e. The summed E-state index contributed by atoms with van der Waals surface area (Å²) in [7, 11) is 0. The highest BCUT2D eigenvalue weighted by atomic mass is 35.5. The Hall–Kier alpha value is -0.560. The Kier molecular flexibility index (Phi) is 2.89. The average Bonchev–Trinajstić information content (AvgIpc) is 2.05. The van der Waals surface area contributed by atoms with E-state index in [1.54, 1.807) is 0 Å². The van der Waals surface area contributed by atoms with Crippen LogP contribution in [0, 0.1) is 0 Å². The van der Waals surface area contributed by atoms with Crippen molar-refractivity contribution in [2.24, 2.45) is 0 Å². The van der Waals surface area contributed by atoms with Crippen molar-refractivity contribution < 1.29 is 17.4 Å². The fraction of sp³-hybridized carbons (Fsp3) is 0.444. The third-order valence-corrected chi connectivity index (χ3v) is 2.07. The normalized spacial score (nSPS) is 21.1. The maximum Gasteiger partial charge on any atom is 0.200 e. The van der Waals surface area contributed by atoms with Crippen LogP contribution in [0.1, 0.15) is 19.3 Å². The van der Waals surface area contributed by atoms with Crippen LogP contribution in [0.15, 0.2) is 23.8 Å². The predicted molar refractivity (Wildman–Crippen MR) is 41.9 cm³/mol. The lowest BCUT2D eigenvalue weighted by atomic mass is 9.97. The zero-order valence-corrected chi connectivity index (χ0v) is 7.19.